The predicted molar refractivity (Wildman–Crippen MR) is 125 cm³/mol. The third-order valence-corrected chi connectivity index (χ3v) is 6.31. The van der Waals surface area contributed by atoms with Gasteiger partial charge in [0.05, 0.1) is 31.2 Å². The Bertz CT molecular complexity index is 1070. The molecule has 2 aromatic rings. The van der Waals surface area contributed by atoms with E-state index in [1.807, 2.05) is 0 Å². The van der Waals surface area contributed by atoms with Crippen molar-refractivity contribution in [2.45, 2.75) is 37.5 Å². The molecule has 2 N–H and O–H groups in total. The zero-order chi connectivity index (χ0) is 24.2. The number of carbonyl (C=O) groups excluding carboxylic acids is 3. The van der Waals surface area contributed by atoms with E-state index in [-0.39, 0.29) is 49.0 Å². The lowest BCUT2D eigenvalue weighted by Crippen LogP contribution is -2.53. The summed E-state index contributed by atoms with van der Waals surface area (Å²) in [5, 5.41) is 5.45. The number of hydrogen-bond acceptors (Lipinski definition) is 6. The van der Waals surface area contributed by atoms with Gasteiger partial charge >= 0.3 is 0 Å². The summed E-state index contributed by atoms with van der Waals surface area (Å²) in [5.41, 5.74) is 1.34. The first-order chi connectivity index (χ1) is 16.4. The van der Waals surface area contributed by atoms with Crippen molar-refractivity contribution in [2.75, 3.05) is 33.1 Å². The SMILES string of the molecule is CNC(=O)C[C@H]1CC[C@H]2[C@@H](COc3ccc(NC(=O)c4ccc(OC)cc4)cc3C(=O)N2C)O1. The Morgan fingerprint density at radius 3 is 2.62 bits per heavy atom. The van der Waals surface area contributed by atoms with Crippen LogP contribution < -0.4 is 20.1 Å². The lowest BCUT2D eigenvalue weighted by molar-refractivity contribution is -0.133. The summed E-state index contributed by atoms with van der Waals surface area (Å²) in [5.74, 6) is 0.508. The van der Waals surface area contributed by atoms with Gasteiger partial charge in [0.25, 0.3) is 11.8 Å². The highest BCUT2D eigenvalue weighted by molar-refractivity contribution is 6.05. The minimum absolute atomic E-state index is 0.0748. The largest absolute Gasteiger partial charge is 0.497 e. The smallest absolute Gasteiger partial charge is 0.257 e. The van der Waals surface area contributed by atoms with E-state index in [0.29, 0.717) is 41.2 Å². The molecule has 0 unspecified atom stereocenters. The molecule has 2 heterocycles. The first-order valence-electron chi connectivity index (χ1n) is 11.2. The highest BCUT2D eigenvalue weighted by Gasteiger charge is 2.39. The molecule has 3 atom stereocenters. The molecule has 0 aromatic heterocycles. The number of methoxy groups -OCH3 is 1. The zero-order valence-corrected chi connectivity index (χ0v) is 19.5. The van der Waals surface area contributed by atoms with Crippen LogP contribution in [-0.4, -0.2) is 68.7 Å². The molecule has 1 saturated heterocycles. The third-order valence-electron chi connectivity index (χ3n) is 6.31. The first kappa shape index (κ1) is 23.6. The van der Waals surface area contributed by atoms with Gasteiger partial charge in [0.15, 0.2) is 0 Å². The second kappa shape index (κ2) is 10.1. The quantitative estimate of drug-likeness (QED) is 0.700. The van der Waals surface area contributed by atoms with Crippen LogP contribution >= 0.6 is 0 Å². The maximum atomic E-state index is 13.3. The van der Waals surface area contributed by atoms with Gasteiger partial charge in [-0.2, -0.15) is 0 Å². The minimum Gasteiger partial charge on any atom is -0.497 e. The second-order valence-electron chi connectivity index (χ2n) is 8.44. The Morgan fingerprint density at radius 2 is 1.91 bits per heavy atom. The Kier molecular flexibility index (Phi) is 7.02. The van der Waals surface area contributed by atoms with Gasteiger partial charge in [-0.15, -0.1) is 0 Å². The van der Waals surface area contributed by atoms with Crippen LogP contribution in [0.4, 0.5) is 5.69 Å². The van der Waals surface area contributed by atoms with Crippen LogP contribution in [0.3, 0.4) is 0 Å². The molecule has 0 saturated carbocycles. The van der Waals surface area contributed by atoms with Gasteiger partial charge in [-0.25, -0.2) is 0 Å². The third kappa shape index (κ3) is 4.99. The molecule has 0 radical (unpaired) electrons. The van der Waals surface area contributed by atoms with Gasteiger partial charge < -0.3 is 29.7 Å². The van der Waals surface area contributed by atoms with Crippen molar-refractivity contribution in [1.82, 2.24) is 10.2 Å². The van der Waals surface area contributed by atoms with E-state index >= 15 is 0 Å². The lowest BCUT2D eigenvalue weighted by atomic mass is 9.94. The van der Waals surface area contributed by atoms with Crippen molar-refractivity contribution in [3.05, 3.63) is 53.6 Å². The van der Waals surface area contributed by atoms with Crippen LogP contribution in [0.5, 0.6) is 11.5 Å². The Hall–Kier alpha value is -3.59. The molecule has 1 fully saturated rings. The average Bonchev–Trinajstić information content (AvgIpc) is 2.86. The van der Waals surface area contributed by atoms with Crippen LogP contribution in [0.1, 0.15) is 40.0 Å². The predicted octanol–water partition coefficient (Wildman–Crippen LogP) is 2.46. The Morgan fingerprint density at radius 1 is 1.15 bits per heavy atom. The summed E-state index contributed by atoms with van der Waals surface area (Å²) in [6, 6.07) is 11.6. The lowest BCUT2D eigenvalue weighted by Gasteiger charge is -2.42. The van der Waals surface area contributed by atoms with Crippen LogP contribution in [-0.2, 0) is 9.53 Å². The molecule has 4 rings (SSSR count). The van der Waals surface area contributed by atoms with E-state index in [4.69, 9.17) is 14.2 Å². The molecule has 9 nitrogen and oxygen atoms in total. The number of anilines is 1. The molecule has 180 valence electrons. The normalized spacial score (nSPS) is 21.8. The van der Waals surface area contributed by atoms with E-state index < -0.39 is 0 Å². The number of benzene rings is 2. The van der Waals surface area contributed by atoms with Crippen molar-refractivity contribution >= 4 is 23.4 Å². The van der Waals surface area contributed by atoms with Gasteiger partial charge in [-0.1, -0.05) is 0 Å². The molecule has 2 aliphatic rings. The summed E-state index contributed by atoms with van der Waals surface area (Å²) in [6.45, 7) is 0.261. The second-order valence-corrected chi connectivity index (χ2v) is 8.44. The number of nitrogens with one attached hydrogen (secondary N) is 2. The van der Waals surface area contributed by atoms with Crippen molar-refractivity contribution in [2.24, 2.45) is 0 Å². The minimum atomic E-state index is -0.333. The van der Waals surface area contributed by atoms with E-state index in [9.17, 15) is 14.4 Å². The molecule has 0 bridgehead atoms. The van der Waals surface area contributed by atoms with E-state index in [1.165, 1.54) is 0 Å². The van der Waals surface area contributed by atoms with Crippen LogP contribution in [0.25, 0.3) is 0 Å². The van der Waals surface area contributed by atoms with Gasteiger partial charge in [0.2, 0.25) is 5.91 Å². The van der Waals surface area contributed by atoms with Crippen LogP contribution in [0.15, 0.2) is 42.5 Å². The fourth-order valence-electron chi connectivity index (χ4n) is 4.36. The summed E-state index contributed by atoms with van der Waals surface area (Å²) < 4.78 is 17.2. The number of hydrogen-bond donors (Lipinski definition) is 2. The number of amides is 3. The molecule has 2 aromatic carbocycles. The van der Waals surface area contributed by atoms with E-state index in [2.05, 4.69) is 10.6 Å². The van der Waals surface area contributed by atoms with Crippen molar-refractivity contribution in [3.63, 3.8) is 0 Å². The molecular formula is C25H29N3O6. The Labute approximate surface area is 198 Å². The summed E-state index contributed by atoms with van der Waals surface area (Å²) >= 11 is 0. The molecular weight excluding hydrogens is 438 g/mol. The number of ether oxygens (including phenoxy) is 3. The van der Waals surface area contributed by atoms with Crippen molar-refractivity contribution in [1.29, 1.82) is 0 Å². The first-order valence-corrected chi connectivity index (χ1v) is 11.2. The molecule has 3 amide bonds. The molecule has 34 heavy (non-hydrogen) atoms. The van der Waals surface area contributed by atoms with Crippen LogP contribution in [0.2, 0.25) is 0 Å². The maximum Gasteiger partial charge on any atom is 0.257 e. The highest BCUT2D eigenvalue weighted by Crippen LogP contribution is 2.32. The monoisotopic (exact) mass is 467 g/mol. The number of likely N-dealkylation sites (N-methyl/N-ethyl adjacent to an activating group) is 1. The molecule has 0 spiro atoms. The van der Waals surface area contributed by atoms with Gasteiger partial charge in [0.1, 0.15) is 24.2 Å². The van der Waals surface area contributed by atoms with Gasteiger partial charge in [-0.3, -0.25) is 14.4 Å². The molecule has 9 heteroatoms. The number of fused-ring (bicyclic) bond motifs is 2. The average molecular weight is 468 g/mol. The zero-order valence-electron chi connectivity index (χ0n) is 19.5. The highest BCUT2D eigenvalue weighted by atomic mass is 16.5. The van der Waals surface area contributed by atoms with Crippen molar-refractivity contribution in [3.8, 4) is 11.5 Å². The summed E-state index contributed by atoms with van der Waals surface area (Å²) in [6.07, 6.45) is 1.13. The molecule has 0 aliphatic carbocycles. The number of carbonyl (C=O) groups is 3. The molecule has 2 aliphatic heterocycles. The van der Waals surface area contributed by atoms with Gasteiger partial charge in [-0.05, 0) is 55.3 Å². The van der Waals surface area contributed by atoms with Crippen LogP contribution in [0, 0.1) is 0 Å². The summed E-state index contributed by atoms with van der Waals surface area (Å²) in [4.78, 5) is 39.4. The fourth-order valence-corrected chi connectivity index (χ4v) is 4.36. The Balaban J connectivity index is 1.50. The summed E-state index contributed by atoms with van der Waals surface area (Å²) in [7, 11) is 4.91. The van der Waals surface area contributed by atoms with E-state index in [0.717, 1.165) is 0 Å². The number of nitrogens with zero attached hydrogens (tertiary/aromatic N) is 1. The van der Waals surface area contributed by atoms with Crippen molar-refractivity contribution < 1.29 is 28.6 Å². The fraction of sp³-hybridized carbons (Fsp3) is 0.400. The maximum absolute atomic E-state index is 13.3. The van der Waals surface area contributed by atoms with E-state index in [1.54, 1.807) is 68.6 Å². The number of rotatable bonds is 5. The topological polar surface area (TPSA) is 106 Å². The standard InChI is InChI=1S/C25H29N3O6/c1-26-23(29)13-18-9-10-20-22(34-18)14-33-21-11-6-16(12-19(21)25(31)28(20)2)27-24(30)15-4-7-17(32-3)8-5-15/h4-8,11-12,18,20,22H,9-10,13-14H2,1-3H3,(H,26,29)(H,27,30)/t18-,20+,22-/m1/s1. The van der Waals surface area contributed by atoms with Gasteiger partial charge in [0, 0.05) is 25.3 Å².